The minimum absolute atomic E-state index is 0.00483. The number of ether oxygens (including phenoxy) is 2. The molecule has 111 heavy (non-hydrogen) atoms. The fourth-order valence-electron chi connectivity index (χ4n) is 12.7. The van der Waals surface area contributed by atoms with Crippen molar-refractivity contribution in [1.82, 2.24) is 69.1 Å². The molecule has 606 valence electrons. The lowest BCUT2D eigenvalue weighted by molar-refractivity contribution is -0.137. The third-order valence-corrected chi connectivity index (χ3v) is 18.6. The van der Waals surface area contributed by atoms with E-state index < -0.39 is 173 Å². The standard InChI is InChI=1S/C73H106N20O17S/c1-10-37(6)58-67(107)91-51(33-72(7,8)9)65(105)92-52(66(106)87-47(14-12-25-81-70(78)79)62(102)88-49(28-36(4)5)64(104)89-48(27-35(2)3)63(103)86-45(59(75)99)21-22-55(74)96)34-83-60(100)50(32-57(98)93-58)90-61(101)46(13-11-24-80-69(76)77)85-56(97)23-26-82-71(111)84-38-15-18-42-41(29-38)68(108)110-73(42)43-19-16-39(94)30-53(43)109-54-31-40(95)17-20-44(54)73/h15-20,29-31,35-37,45-52,58,94-95H,10-14,21-28,32-34H2,1-9H3,(H2,74,96)(H2,75,99)(H,83,100)(H,85,97)(H,86,103)(H,87,106)(H,88,102)(H,89,104)(H,90,101)(H,91,107)(H,92,105)(H,93,98)(H4,76,77,80)(H4,78,79,81)(H2,82,84,111)/t37-,45-,46-,47-,48-,49-,50-,51?,52?,58-/m0/s1. The monoisotopic (exact) mass is 1570 g/mol. The van der Waals surface area contributed by atoms with Crippen LogP contribution in [0.15, 0.2) is 54.6 Å². The van der Waals surface area contributed by atoms with Gasteiger partial charge in [0.1, 0.15) is 77.4 Å². The fourth-order valence-corrected chi connectivity index (χ4v) is 12.9. The van der Waals surface area contributed by atoms with Gasteiger partial charge in [0.25, 0.3) is 0 Å². The van der Waals surface area contributed by atoms with Crippen LogP contribution in [0.4, 0.5) is 5.69 Å². The van der Waals surface area contributed by atoms with Crippen LogP contribution in [-0.2, 0) is 67.9 Å². The fraction of sp³-hybridized carbons (Fsp3) is 0.534. The van der Waals surface area contributed by atoms with Gasteiger partial charge in [0, 0.05) is 73.5 Å². The summed E-state index contributed by atoms with van der Waals surface area (Å²) in [6.45, 7) is 14.9. The molecule has 0 aliphatic carbocycles. The highest BCUT2D eigenvalue weighted by Crippen LogP contribution is 2.57. The lowest BCUT2D eigenvalue weighted by Crippen LogP contribution is -2.63. The number of phenols is 2. The van der Waals surface area contributed by atoms with Gasteiger partial charge in [-0.05, 0) is 123 Å². The van der Waals surface area contributed by atoms with Gasteiger partial charge >= 0.3 is 5.97 Å². The van der Waals surface area contributed by atoms with Crippen LogP contribution in [0.2, 0.25) is 0 Å². The van der Waals surface area contributed by atoms with Crippen molar-refractivity contribution < 1.29 is 82.0 Å². The van der Waals surface area contributed by atoms with Gasteiger partial charge in [-0.15, -0.1) is 0 Å². The molecular formula is C73H106N20O17S. The molecule has 3 aliphatic heterocycles. The highest BCUT2D eigenvalue weighted by atomic mass is 32.1. The molecule has 3 aliphatic rings. The second-order valence-electron chi connectivity index (χ2n) is 29.7. The van der Waals surface area contributed by atoms with Crippen molar-refractivity contribution in [1.29, 1.82) is 10.8 Å². The number of carbonyl (C=O) groups is 13. The van der Waals surface area contributed by atoms with Gasteiger partial charge in [0.2, 0.25) is 70.9 Å². The Kier molecular flexibility index (Phi) is 32.0. The van der Waals surface area contributed by atoms with Crippen LogP contribution < -0.4 is 102 Å². The van der Waals surface area contributed by atoms with E-state index in [0.29, 0.717) is 28.8 Å². The van der Waals surface area contributed by atoms with E-state index in [0.717, 1.165) is 0 Å². The van der Waals surface area contributed by atoms with Crippen LogP contribution >= 0.6 is 12.2 Å². The number of fused-ring (bicyclic) bond motifs is 6. The SMILES string of the molecule is CC[C@H](C)[C@@H]1NC(=O)C[C@H](NC(=O)[C@H](CCCNC(=N)N)NC(=O)CCNC(=S)Nc2ccc3c(c2)C(=O)OC32c3ccc(O)cc3Oc3cc(O)ccc32)C(=O)NCC(C(=O)N[C@@H](CCCNC(=N)N)C(=O)N[C@@H](CC(C)C)C(=O)N[C@@H](CC(C)C)C(=O)N[C@@H](CCC(N)=O)C(N)=O)NC(=O)C(CC(C)(C)C)NC1=O. The highest BCUT2D eigenvalue weighted by molar-refractivity contribution is 7.80. The molecule has 10 atom stereocenters. The molecule has 1 fully saturated rings. The molecule has 2 unspecified atom stereocenters. The molecule has 3 heterocycles. The number of primary amides is 2. The van der Waals surface area contributed by atoms with Crippen molar-refractivity contribution >= 4 is 112 Å². The van der Waals surface area contributed by atoms with Crippen LogP contribution in [-0.4, -0.2) is 185 Å². The number of hydrogen-bond acceptors (Lipinski definition) is 20. The number of hydrogen-bond donors (Lipinski definition) is 22. The zero-order chi connectivity index (χ0) is 82.4. The van der Waals surface area contributed by atoms with Crippen LogP contribution in [0, 0.1) is 34.0 Å². The largest absolute Gasteiger partial charge is 0.508 e. The third-order valence-electron chi connectivity index (χ3n) is 18.3. The zero-order valence-electron chi connectivity index (χ0n) is 63.7. The Morgan fingerprint density at radius 1 is 0.631 bits per heavy atom. The van der Waals surface area contributed by atoms with Gasteiger partial charge in [0.15, 0.2) is 22.6 Å². The lowest BCUT2D eigenvalue weighted by atomic mass is 9.77. The molecule has 6 rings (SSSR count). The minimum Gasteiger partial charge on any atom is -0.508 e. The Balaban J connectivity index is 1.24. The summed E-state index contributed by atoms with van der Waals surface area (Å²) >= 11 is 5.58. The van der Waals surface area contributed by atoms with Gasteiger partial charge < -0.3 is 117 Å². The van der Waals surface area contributed by atoms with E-state index in [1.165, 1.54) is 30.3 Å². The number of aromatic hydroxyl groups is 2. The van der Waals surface area contributed by atoms with Crippen molar-refractivity contribution in [3.05, 3.63) is 76.9 Å². The van der Waals surface area contributed by atoms with E-state index >= 15 is 4.79 Å². The summed E-state index contributed by atoms with van der Waals surface area (Å²) in [7, 11) is 0. The first-order valence-electron chi connectivity index (χ1n) is 36.7. The van der Waals surface area contributed by atoms with Gasteiger partial charge in [-0.3, -0.25) is 68.4 Å². The summed E-state index contributed by atoms with van der Waals surface area (Å²) in [5.74, 6) is -13.5. The third kappa shape index (κ3) is 26.0. The van der Waals surface area contributed by atoms with Crippen molar-refractivity contribution in [3.63, 3.8) is 0 Å². The predicted molar refractivity (Wildman–Crippen MR) is 410 cm³/mol. The number of guanidine groups is 2. The Morgan fingerprint density at radius 3 is 1.69 bits per heavy atom. The minimum atomic E-state index is -1.85. The molecule has 38 heteroatoms. The van der Waals surface area contributed by atoms with E-state index in [-0.39, 0.29) is 129 Å². The lowest BCUT2D eigenvalue weighted by Gasteiger charge is -2.36. The summed E-state index contributed by atoms with van der Waals surface area (Å²) in [5, 5.41) is 73.4. The van der Waals surface area contributed by atoms with E-state index in [1.807, 2.05) is 0 Å². The molecule has 26 N–H and O–H groups in total. The van der Waals surface area contributed by atoms with Crippen molar-refractivity contribution in [3.8, 4) is 23.0 Å². The number of nitrogens with two attached hydrogens (primary N) is 4. The van der Waals surface area contributed by atoms with Gasteiger partial charge in [0.05, 0.1) is 12.0 Å². The molecule has 1 saturated heterocycles. The number of benzene rings is 3. The number of rotatable bonds is 34. The maximum Gasteiger partial charge on any atom is 0.340 e. The van der Waals surface area contributed by atoms with Crippen LogP contribution in [0.1, 0.15) is 166 Å². The number of carbonyl (C=O) groups excluding carboxylic acids is 13. The quantitative estimate of drug-likeness (QED) is 0.0113. The summed E-state index contributed by atoms with van der Waals surface area (Å²) in [4.78, 5) is 183. The maximum absolute atomic E-state index is 15.0. The Bertz CT molecular complexity index is 3950. The Morgan fingerprint density at radius 2 is 1.17 bits per heavy atom. The molecule has 0 saturated carbocycles. The topological polar surface area (TPSA) is 601 Å². The molecule has 12 amide bonds. The van der Waals surface area contributed by atoms with Crippen molar-refractivity contribution in [2.24, 2.45) is 46.1 Å². The number of phenolic OH excluding ortho intramolecular Hbond substituents is 2. The summed E-state index contributed by atoms with van der Waals surface area (Å²) < 4.78 is 12.2. The maximum atomic E-state index is 15.0. The average molecular weight is 1570 g/mol. The molecule has 3 aromatic rings. The molecule has 1 spiro atoms. The van der Waals surface area contributed by atoms with Crippen molar-refractivity contribution in [2.75, 3.05) is 31.5 Å². The number of anilines is 1. The van der Waals surface area contributed by atoms with E-state index in [2.05, 4.69) is 74.4 Å². The molecular weight excluding hydrogens is 1460 g/mol. The summed E-state index contributed by atoms with van der Waals surface area (Å²) in [6.07, 6.45) is -1.68. The Hall–Kier alpha value is -11.6. The summed E-state index contributed by atoms with van der Waals surface area (Å²) in [6, 6.07) is 0.0184. The number of esters is 1. The summed E-state index contributed by atoms with van der Waals surface area (Å²) in [5.41, 5.74) is 21.4. The second-order valence-corrected chi connectivity index (χ2v) is 30.2. The van der Waals surface area contributed by atoms with Crippen molar-refractivity contribution in [2.45, 2.75) is 199 Å². The first kappa shape index (κ1) is 88.3. The molecule has 3 aromatic carbocycles. The van der Waals surface area contributed by atoms with E-state index in [9.17, 15) is 67.7 Å². The normalized spacial score (nSPS) is 18.3. The van der Waals surface area contributed by atoms with E-state index in [4.69, 9.17) is 55.4 Å². The van der Waals surface area contributed by atoms with Crippen LogP contribution in [0.3, 0.4) is 0 Å². The Labute approximate surface area is 647 Å². The van der Waals surface area contributed by atoms with Gasteiger partial charge in [-0.25, -0.2) is 4.79 Å². The number of amides is 12. The predicted octanol–water partition coefficient (Wildman–Crippen LogP) is -0.923. The van der Waals surface area contributed by atoms with Crippen LogP contribution in [0.25, 0.3) is 0 Å². The molecule has 37 nitrogen and oxygen atoms in total. The number of thiocarbonyl (C=S) groups is 1. The van der Waals surface area contributed by atoms with E-state index in [1.54, 1.807) is 86.6 Å². The molecule has 0 aromatic heterocycles. The highest BCUT2D eigenvalue weighted by Gasteiger charge is 2.54. The smallest absolute Gasteiger partial charge is 0.340 e. The van der Waals surface area contributed by atoms with Gasteiger partial charge in [-0.1, -0.05) is 74.8 Å². The molecule has 0 radical (unpaired) electrons. The average Bonchev–Trinajstić information content (AvgIpc) is 1.54. The first-order chi connectivity index (χ1) is 52.2. The zero-order valence-corrected chi connectivity index (χ0v) is 64.5. The molecule has 0 bridgehead atoms. The second kappa shape index (κ2) is 40.2. The van der Waals surface area contributed by atoms with Crippen LogP contribution in [0.5, 0.6) is 23.0 Å². The first-order valence-corrected chi connectivity index (χ1v) is 37.1. The van der Waals surface area contributed by atoms with Gasteiger partial charge in [-0.2, -0.15) is 0 Å². The number of nitrogens with one attached hydrogen (secondary N) is 16.